The lowest BCUT2D eigenvalue weighted by Crippen LogP contribution is -1.82. The van der Waals surface area contributed by atoms with Gasteiger partial charge < -0.3 is 4.42 Å². The van der Waals surface area contributed by atoms with Crippen molar-refractivity contribution in [2.24, 2.45) is 0 Å². The number of hydrogen-bond acceptors (Lipinski definition) is 3. The maximum absolute atomic E-state index is 6.06. The number of aromatic nitrogens is 2. The normalized spacial score (nSPS) is 10.3. The van der Waals surface area contributed by atoms with Gasteiger partial charge in [0.2, 0.25) is 12.3 Å². The molecule has 0 amide bonds. The van der Waals surface area contributed by atoms with Crippen molar-refractivity contribution in [2.75, 3.05) is 0 Å². The molecule has 1 heterocycles. The molecular formula is C9H7ClN2O. The molecule has 1 aromatic carbocycles. The zero-order valence-electron chi connectivity index (χ0n) is 6.99. The Bertz CT molecular complexity index is 412. The highest BCUT2D eigenvalue weighted by molar-refractivity contribution is 6.33. The predicted molar refractivity (Wildman–Crippen MR) is 49.5 cm³/mol. The predicted octanol–water partition coefficient (Wildman–Crippen LogP) is 2.70. The van der Waals surface area contributed by atoms with Crippen LogP contribution in [0.5, 0.6) is 0 Å². The molecule has 0 aliphatic heterocycles. The second-order valence-electron chi connectivity index (χ2n) is 2.68. The van der Waals surface area contributed by atoms with Gasteiger partial charge in [-0.2, -0.15) is 0 Å². The quantitative estimate of drug-likeness (QED) is 0.701. The van der Waals surface area contributed by atoms with Crippen molar-refractivity contribution in [1.82, 2.24) is 10.2 Å². The summed E-state index contributed by atoms with van der Waals surface area (Å²) in [7, 11) is 0. The molecule has 3 nitrogen and oxygen atoms in total. The summed E-state index contributed by atoms with van der Waals surface area (Å²) in [5.41, 5.74) is 1.77. The molecule has 0 bridgehead atoms. The Morgan fingerprint density at radius 2 is 2.23 bits per heavy atom. The summed E-state index contributed by atoms with van der Waals surface area (Å²) in [6.45, 7) is 1.93. The Balaban J connectivity index is 2.59. The molecular weight excluding hydrogens is 188 g/mol. The highest BCUT2D eigenvalue weighted by atomic mass is 35.5. The van der Waals surface area contributed by atoms with Gasteiger partial charge in [0.1, 0.15) is 0 Å². The molecule has 1 aromatic heterocycles. The summed E-state index contributed by atoms with van der Waals surface area (Å²) in [4.78, 5) is 0. The summed E-state index contributed by atoms with van der Waals surface area (Å²) < 4.78 is 5.05. The fraction of sp³-hybridized carbons (Fsp3) is 0.111. The second-order valence-corrected chi connectivity index (χ2v) is 3.06. The molecule has 66 valence electrons. The largest absolute Gasteiger partial charge is 0.423 e. The molecule has 0 fully saturated rings. The van der Waals surface area contributed by atoms with E-state index in [-0.39, 0.29) is 0 Å². The number of benzene rings is 1. The van der Waals surface area contributed by atoms with Crippen molar-refractivity contribution in [3.63, 3.8) is 0 Å². The third-order valence-corrected chi connectivity index (χ3v) is 2.28. The molecule has 0 aliphatic rings. The molecule has 0 radical (unpaired) electrons. The minimum absolute atomic E-state index is 0.453. The summed E-state index contributed by atoms with van der Waals surface area (Å²) in [6, 6.07) is 5.69. The standard InChI is InChI=1S/C9H7ClN2O/c1-6-3-2-4-7(8(6)10)9-12-11-5-13-9/h2-5H,1H3. The molecule has 0 N–H and O–H groups in total. The highest BCUT2D eigenvalue weighted by Gasteiger charge is 2.09. The van der Waals surface area contributed by atoms with Crippen LogP contribution in [0.15, 0.2) is 29.0 Å². The number of aryl methyl sites for hydroxylation is 1. The van der Waals surface area contributed by atoms with E-state index >= 15 is 0 Å². The van der Waals surface area contributed by atoms with E-state index in [0.29, 0.717) is 10.9 Å². The van der Waals surface area contributed by atoms with Crippen LogP contribution in [0, 0.1) is 6.92 Å². The zero-order chi connectivity index (χ0) is 9.26. The van der Waals surface area contributed by atoms with Gasteiger partial charge in [-0.25, -0.2) is 0 Å². The number of halogens is 1. The third kappa shape index (κ3) is 1.42. The van der Waals surface area contributed by atoms with Crippen molar-refractivity contribution in [3.05, 3.63) is 35.2 Å². The average Bonchev–Trinajstić information content (AvgIpc) is 2.62. The number of nitrogens with zero attached hydrogens (tertiary/aromatic N) is 2. The summed E-state index contributed by atoms with van der Waals surface area (Å²) in [5, 5.41) is 8.04. The monoisotopic (exact) mass is 194 g/mol. The van der Waals surface area contributed by atoms with Crippen LogP contribution in [0.4, 0.5) is 0 Å². The highest BCUT2D eigenvalue weighted by Crippen LogP contribution is 2.28. The second kappa shape index (κ2) is 3.18. The molecule has 2 aromatic rings. The van der Waals surface area contributed by atoms with Crippen LogP contribution >= 0.6 is 11.6 Å². The van der Waals surface area contributed by atoms with Crippen molar-refractivity contribution in [3.8, 4) is 11.5 Å². The Kier molecular flexibility index (Phi) is 2.02. The van der Waals surface area contributed by atoms with Crippen molar-refractivity contribution in [1.29, 1.82) is 0 Å². The topological polar surface area (TPSA) is 38.9 Å². The van der Waals surface area contributed by atoms with Crippen molar-refractivity contribution < 1.29 is 4.42 Å². The van der Waals surface area contributed by atoms with Gasteiger partial charge in [-0.3, -0.25) is 0 Å². The van der Waals surface area contributed by atoms with E-state index in [1.165, 1.54) is 6.39 Å². The maximum atomic E-state index is 6.06. The van der Waals surface area contributed by atoms with Gasteiger partial charge in [-0.05, 0) is 18.6 Å². The van der Waals surface area contributed by atoms with E-state index < -0.39 is 0 Å². The fourth-order valence-electron chi connectivity index (χ4n) is 1.10. The van der Waals surface area contributed by atoms with E-state index in [4.69, 9.17) is 16.0 Å². The molecule has 0 saturated carbocycles. The van der Waals surface area contributed by atoms with Crippen LogP contribution in [-0.2, 0) is 0 Å². The molecule has 0 spiro atoms. The van der Waals surface area contributed by atoms with Gasteiger partial charge in [-0.1, -0.05) is 23.7 Å². The van der Waals surface area contributed by atoms with Crippen LogP contribution in [0.2, 0.25) is 5.02 Å². The number of rotatable bonds is 1. The lowest BCUT2D eigenvalue weighted by atomic mass is 10.1. The first kappa shape index (κ1) is 8.26. The van der Waals surface area contributed by atoms with Crippen LogP contribution in [0.1, 0.15) is 5.56 Å². The lowest BCUT2D eigenvalue weighted by molar-refractivity contribution is 0.568. The summed E-state index contributed by atoms with van der Waals surface area (Å²) in [6.07, 6.45) is 1.29. The Hall–Kier alpha value is -1.35. The molecule has 0 atom stereocenters. The Morgan fingerprint density at radius 1 is 1.38 bits per heavy atom. The first-order chi connectivity index (χ1) is 6.29. The lowest BCUT2D eigenvalue weighted by Gasteiger charge is -2.00. The van der Waals surface area contributed by atoms with Crippen molar-refractivity contribution >= 4 is 11.6 Å². The van der Waals surface area contributed by atoms with Gasteiger partial charge in [0, 0.05) is 0 Å². The molecule has 0 aliphatic carbocycles. The third-order valence-electron chi connectivity index (χ3n) is 1.78. The van der Waals surface area contributed by atoms with Crippen LogP contribution < -0.4 is 0 Å². The first-order valence-corrected chi connectivity index (χ1v) is 4.18. The van der Waals surface area contributed by atoms with E-state index in [1.54, 1.807) is 0 Å². The molecule has 2 rings (SSSR count). The fourth-order valence-corrected chi connectivity index (χ4v) is 1.31. The SMILES string of the molecule is Cc1cccc(-c2nnco2)c1Cl. The van der Waals surface area contributed by atoms with Gasteiger partial charge in [0.15, 0.2) is 0 Å². The maximum Gasteiger partial charge on any atom is 0.248 e. The van der Waals surface area contributed by atoms with Crippen LogP contribution in [0.3, 0.4) is 0 Å². The minimum Gasteiger partial charge on any atom is -0.423 e. The van der Waals surface area contributed by atoms with Gasteiger partial charge >= 0.3 is 0 Å². The van der Waals surface area contributed by atoms with E-state index in [9.17, 15) is 0 Å². The smallest absolute Gasteiger partial charge is 0.248 e. The van der Waals surface area contributed by atoms with Crippen molar-refractivity contribution in [2.45, 2.75) is 6.92 Å². The van der Waals surface area contributed by atoms with Crippen LogP contribution in [-0.4, -0.2) is 10.2 Å². The van der Waals surface area contributed by atoms with E-state index in [0.717, 1.165) is 11.1 Å². The van der Waals surface area contributed by atoms with Gasteiger partial charge in [0.25, 0.3) is 0 Å². The van der Waals surface area contributed by atoms with Crippen LogP contribution in [0.25, 0.3) is 11.5 Å². The van der Waals surface area contributed by atoms with Gasteiger partial charge in [0.05, 0.1) is 10.6 Å². The first-order valence-electron chi connectivity index (χ1n) is 3.80. The summed E-state index contributed by atoms with van der Waals surface area (Å²) in [5.74, 6) is 0.453. The Morgan fingerprint density at radius 3 is 2.92 bits per heavy atom. The minimum atomic E-state index is 0.453. The molecule has 0 saturated heterocycles. The average molecular weight is 195 g/mol. The van der Waals surface area contributed by atoms with Gasteiger partial charge in [-0.15, -0.1) is 10.2 Å². The zero-order valence-corrected chi connectivity index (χ0v) is 7.75. The number of hydrogen-bond donors (Lipinski definition) is 0. The molecule has 4 heteroatoms. The van der Waals surface area contributed by atoms with E-state index in [2.05, 4.69) is 10.2 Å². The summed E-state index contributed by atoms with van der Waals surface area (Å²) >= 11 is 6.06. The molecule has 13 heavy (non-hydrogen) atoms. The molecule has 0 unspecified atom stereocenters. The van der Waals surface area contributed by atoms with E-state index in [1.807, 2.05) is 25.1 Å². The Labute approximate surface area is 80.4 Å².